The molecule has 0 saturated heterocycles. The lowest BCUT2D eigenvalue weighted by Crippen LogP contribution is -2.25. The van der Waals surface area contributed by atoms with Gasteiger partial charge in [0.1, 0.15) is 5.82 Å². The monoisotopic (exact) mass is 252 g/mol. The van der Waals surface area contributed by atoms with Gasteiger partial charge in [-0.15, -0.1) is 0 Å². The van der Waals surface area contributed by atoms with E-state index in [2.05, 4.69) is 12.2 Å². The van der Waals surface area contributed by atoms with E-state index in [4.69, 9.17) is 0 Å². The van der Waals surface area contributed by atoms with Crippen molar-refractivity contribution in [1.29, 1.82) is 0 Å². The van der Waals surface area contributed by atoms with E-state index in [9.17, 15) is 14.5 Å². The summed E-state index contributed by atoms with van der Waals surface area (Å²) in [5.41, 5.74) is 0.438. The lowest BCUT2D eigenvalue weighted by molar-refractivity contribution is -0.385. The average Bonchev–Trinajstić information content (AvgIpc) is 2.72. The second-order valence-electron chi connectivity index (χ2n) is 5.07. The third-order valence-electron chi connectivity index (χ3n) is 3.44. The van der Waals surface area contributed by atoms with Crippen molar-refractivity contribution in [2.75, 3.05) is 0 Å². The third-order valence-corrected chi connectivity index (χ3v) is 3.44. The lowest BCUT2D eigenvalue weighted by atomic mass is 10.1. The summed E-state index contributed by atoms with van der Waals surface area (Å²) in [6.45, 7) is 2.70. The Hall–Kier alpha value is -1.49. The predicted octanol–water partition coefficient (Wildman–Crippen LogP) is 3.01. The van der Waals surface area contributed by atoms with Crippen LogP contribution in [-0.2, 0) is 6.54 Å². The van der Waals surface area contributed by atoms with E-state index in [0.29, 0.717) is 18.2 Å². The Bertz CT molecular complexity index is 451. The Morgan fingerprint density at radius 2 is 2.22 bits per heavy atom. The van der Waals surface area contributed by atoms with Crippen LogP contribution in [0.25, 0.3) is 0 Å². The van der Waals surface area contributed by atoms with Crippen molar-refractivity contribution in [3.8, 4) is 0 Å². The maximum Gasteiger partial charge on any atom is 0.272 e. The number of rotatable bonds is 4. The van der Waals surface area contributed by atoms with Gasteiger partial charge >= 0.3 is 0 Å². The Morgan fingerprint density at radius 3 is 2.83 bits per heavy atom. The van der Waals surface area contributed by atoms with Crippen molar-refractivity contribution in [1.82, 2.24) is 5.32 Å². The second kappa shape index (κ2) is 5.44. The van der Waals surface area contributed by atoms with Crippen LogP contribution in [-0.4, -0.2) is 11.0 Å². The zero-order valence-corrected chi connectivity index (χ0v) is 10.4. The van der Waals surface area contributed by atoms with Gasteiger partial charge in [-0.1, -0.05) is 6.92 Å². The van der Waals surface area contributed by atoms with E-state index in [1.165, 1.54) is 18.6 Å². The van der Waals surface area contributed by atoms with Gasteiger partial charge < -0.3 is 5.32 Å². The van der Waals surface area contributed by atoms with Crippen LogP contribution in [0, 0.1) is 21.8 Å². The van der Waals surface area contributed by atoms with Crippen molar-refractivity contribution in [2.45, 2.75) is 38.8 Å². The molecule has 0 aromatic heterocycles. The molecule has 5 heteroatoms. The molecule has 0 amide bonds. The SMILES string of the molecule is CC1CCC(NCc2cc(F)cc([N+](=O)[O-])c2)C1. The molecule has 0 spiro atoms. The fourth-order valence-corrected chi connectivity index (χ4v) is 2.50. The Labute approximate surface area is 105 Å². The standard InChI is InChI=1S/C13H17FN2O2/c1-9-2-3-12(4-9)15-8-10-5-11(14)7-13(6-10)16(17)18/h5-7,9,12,15H,2-4,8H2,1H3. The van der Waals surface area contributed by atoms with Crippen LogP contribution in [0.1, 0.15) is 31.7 Å². The Morgan fingerprint density at radius 1 is 1.44 bits per heavy atom. The molecule has 1 fully saturated rings. The van der Waals surface area contributed by atoms with E-state index in [1.54, 1.807) is 0 Å². The van der Waals surface area contributed by atoms with Gasteiger partial charge in [-0.25, -0.2) is 4.39 Å². The quantitative estimate of drug-likeness (QED) is 0.662. The second-order valence-corrected chi connectivity index (χ2v) is 5.07. The molecule has 1 N–H and O–H groups in total. The highest BCUT2D eigenvalue weighted by Crippen LogP contribution is 2.25. The molecule has 0 radical (unpaired) electrons. The van der Waals surface area contributed by atoms with Gasteiger partial charge in [-0.05, 0) is 36.8 Å². The molecule has 1 aromatic carbocycles. The number of halogens is 1. The van der Waals surface area contributed by atoms with Crippen molar-refractivity contribution < 1.29 is 9.31 Å². The van der Waals surface area contributed by atoms with Gasteiger partial charge in [0, 0.05) is 18.7 Å². The zero-order valence-electron chi connectivity index (χ0n) is 10.4. The number of hydrogen-bond donors (Lipinski definition) is 1. The molecule has 98 valence electrons. The van der Waals surface area contributed by atoms with Crippen molar-refractivity contribution >= 4 is 5.69 Å². The van der Waals surface area contributed by atoms with Crippen molar-refractivity contribution in [3.63, 3.8) is 0 Å². The number of benzene rings is 1. The first-order valence-corrected chi connectivity index (χ1v) is 6.22. The van der Waals surface area contributed by atoms with Gasteiger partial charge in [-0.2, -0.15) is 0 Å². The molecule has 1 aliphatic rings. The zero-order chi connectivity index (χ0) is 13.1. The van der Waals surface area contributed by atoms with Crippen molar-refractivity contribution in [2.24, 2.45) is 5.92 Å². The predicted molar refractivity (Wildman–Crippen MR) is 66.7 cm³/mol. The van der Waals surface area contributed by atoms with Crippen LogP contribution in [0.5, 0.6) is 0 Å². The largest absolute Gasteiger partial charge is 0.310 e. The summed E-state index contributed by atoms with van der Waals surface area (Å²) < 4.78 is 13.2. The van der Waals surface area contributed by atoms with E-state index in [-0.39, 0.29) is 5.69 Å². The van der Waals surface area contributed by atoms with Crippen LogP contribution >= 0.6 is 0 Å². The van der Waals surface area contributed by atoms with Gasteiger partial charge in [0.2, 0.25) is 0 Å². The number of non-ortho nitro benzene ring substituents is 1. The topological polar surface area (TPSA) is 55.2 Å². The first kappa shape index (κ1) is 13.0. The van der Waals surface area contributed by atoms with Crippen LogP contribution in [0.4, 0.5) is 10.1 Å². The minimum absolute atomic E-state index is 0.188. The van der Waals surface area contributed by atoms with Crippen LogP contribution in [0.15, 0.2) is 18.2 Å². The molecule has 2 atom stereocenters. The average molecular weight is 252 g/mol. The summed E-state index contributed by atoms with van der Waals surface area (Å²) in [5.74, 6) is 0.171. The van der Waals surface area contributed by atoms with Gasteiger partial charge in [0.05, 0.1) is 11.0 Å². The van der Waals surface area contributed by atoms with E-state index in [0.717, 1.165) is 24.8 Å². The van der Waals surface area contributed by atoms with Crippen LogP contribution in [0.3, 0.4) is 0 Å². The first-order chi connectivity index (χ1) is 8.54. The molecule has 1 aromatic rings. The highest BCUT2D eigenvalue weighted by molar-refractivity contribution is 5.35. The summed E-state index contributed by atoms with van der Waals surface area (Å²) >= 11 is 0. The number of nitrogens with one attached hydrogen (secondary N) is 1. The highest BCUT2D eigenvalue weighted by Gasteiger charge is 2.20. The van der Waals surface area contributed by atoms with Gasteiger partial charge in [-0.3, -0.25) is 10.1 Å². The number of hydrogen-bond acceptors (Lipinski definition) is 3. The molecule has 1 aliphatic carbocycles. The van der Waals surface area contributed by atoms with E-state index in [1.807, 2.05) is 0 Å². The Kier molecular flexibility index (Phi) is 3.91. The molecular formula is C13H17FN2O2. The highest BCUT2D eigenvalue weighted by atomic mass is 19.1. The summed E-state index contributed by atoms with van der Waals surface area (Å²) in [4.78, 5) is 10.1. The van der Waals surface area contributed by atoms with E-state index >= 15 is 0 Å². The third kappa shape index (κ3) is 3.26. The van der Waals surface area contributed by atoms with Crippen LogP contribution < -0.4 is 5.32 Å². The van der Waals surface area contributed by atoms with Crippen molar-refractivity contribution in [3.05, 3.63) is 39.7 Å². The van der Waals surface area contributed by atoms with Gasteiger partial charge in [0.15, 0.2) is 0 Å². The molecule has 4 nitrogen and oxygen atoms in total. The molecule has 0 aliphatic heterocycles. The first-order valence-electron chi connectivity index (χ1n) is 6.22. The normalized spacial score (nSPS) is 23.2. The lowest BCUT2D eigenvalue weighted by Gasteiger charge is -2.12. The Balaban J connectivity index is 1.98. The summed E-state index contributed by atoms with van der Waals surface area (Å²) in [7, 11) is 0. The summed E-state index contributed by atoms with van der Waals surface area (Å²) in [6.07, 6.45) is 3.46. The maximum atomic E-state index is 13.2. The smallest absolute Gasteiger partial charge is 0.272 e. The molecule has 2 rings (SSSR count). The fraction of sp³-hybridized carbons (Fsp3) is 0.538. The van der Waals surface area contributed by atoms with Gasteiger partial charge in [0.25, 0.3) is 5.69 Å². The fourth-order valence-electron chi connectivity index (χ4n) is 2.50. The molecule has 1 saturated carbocycles. The van der Waals surface area contributed by atoms with E-state index < -0.39 is 10.7 Å². The number of nitrogens with zero attached hydrogens (tertiary/aromatic N) is 1. The molecule has 0 bridgehead atoms. The minimum atomic E-state index is -0.565. The number of nitro benzene ring substituents is 1. The summed E-state index contributed by atoms with van der Waals surface area (Å²) in [5, 5.41) is 14.0. The molecule has 2 unspecified atom stereocenters. The molecular weight excluding hydrogens is 235 g/mol. The summed E-state index contributed by atoms with van der Waals surface area (Å²) in [6, 6.07) is 4.16. The minimum Gasteiger partial charge on any atom is -0.310 e. The molecule has 0 heterocycles. The number of nitro groups is 1. The maximum absolute atomic E-state index is 13.2. The van der Waals surface area contributed by atoms with Crippen LogP contribution in [0.2, 0.25) is 0 Å². The molecule has 18 heavy (non-hydrogen) atoms.